The number of benzene rings is 6. The zero-order valence-corrected chi connectivity index (χ0v) is 28.6. The molecule has 0 unspecified atom stereocenters. The Bertz CT molecular complexity index is 2770. The minimum absolute atomic E-state index is 0.669. The van der Waals surface area contributed by atoms with Crippen molar-refractivity contribution < 1.29 is 0 Å². The molecule has 236 valence electrons. The average molecular weight is 676 g/mol. The van der Waals surface area contributed by atoms with Gasteiger partial charge < -0.3 is 0 Å². The van der Waals surface area contributed by atoms with Crippen molar-refractivity contribution in [2.75, 3.05) is 0 Å². The first-order chi connectivity index (χ1) is 24.7. The molecule has 3 aromatic heterocycles. The number of rotatable bonds is 5. The van der Waals surface area contributed by atoms with Crippen LogP contribution in [-0.4, -0.2) is 15.0 Å². The van der Waals surface area contributed by atoms with Gasteiger partial charge in [-0.05, 0) is 89.2 Å². The molecule has 1 aliphatic carbocycles. The number of aromatic nitrogens is 3. The summed E-state index contributed by atoms with van der Waals surface area (Å²) < 4.78 is 3.82. The summed E-state index contributed by atoms with van der Waals surface area (Å²) in [6.45, 7) is 0. The lowest BCUT2D eigenvalue weighted by molar-refractivity contribution is 1.00. The summed E-state index contributed by atoms with van der Waals surface area (Å²) in [7, 11) is 0. The average Bonchev–Trinajstić information content (AvgIpc) is 3.76. The highest BCUT2D eigenvalue weighted by molar-refractivity contribution is 7.25. The molecule has 0 aliphatic heterocycles. The highest BCUT2D eigenvalue weighted by atomic mass is 32.1. The molecule has 0 fully saturated rings. The number of hydrogen-bond acceptors (Lipinski definition) is 5. The van der Waals surface area contributed by atoms with E-state index in [4.69, 9.17) is 15.0 Å². The summed E-state index contributed by atoms with van der Waals surface area (Å²) in [4.78, 5) is 17.0. The number of hydrogen-bond donors (Lipinski definition) is 0. The Morgan fingerprint density at radius 2 is 1.06 bits per heavy atom. The summed E-state index contributed by atoms with van der Waals surface area (Å²) in [6.07, 6.45) is 6.63. The molecule has 6 aromatic carbocycles. The van der Waals surface area contributed by atoms with Crippen molar-refractivity contribution in [3.63, 3.8) is 0 Å². The summed E-state index contributed by atoms with van der Waals surface area (Å²) in [5.41, 5.74) is 9.08. The van der Waals surface area contributed by atoms with Crippen molar-refractivity contribution in [2.24, 2.45) is 0 Å². The zero-order valence-electron chi connectivity index (χ0n) is 27.0. The van der Waals surface area contributed by atoms with E-state index >= 15 is 0 Å². The maximum absolute atomic E-state index is 5.25. The molecule has 0 radical (unpaired) electrons. The molecule has 10 rings (SSSR count). The Morgan fingerprint density at radius 1 is 0.440 bits per heavy atom. The van der Waals surface area contributed by atoms with Crippen LogP contribution in [0.4, 0.5) is 0 Å². The van der Waals surface area contributed by atoms with Crippen molar-refractivity contribution in [3.8, 4) is 56.4 Å². The molecule has 0 spiro atoms. The van der Waals surface area contributed by atoms with Crippen molar-refractivity contribution in [1.29, 1.82) is 0 Å². The SMILES string of the molecule is C1=Cc2sc3cccc(-c4nc(-c5cccc(-c6cccc(-c7ccccc7)c6)c5)nc(-c5ccc6sc7ccccc7c6c5)n4)c3c2CC1. The number of nitrogens with zero attached hydrogens (tertiary/aromatic N) is 3. The van der Waals surface area contributed by atoms with E-state index < -0.39 is 0 Å². The summed E-state index contributed by atoms with van der Waals surface area (Å²) in [5.74, 6) is 2.06. The first kappa shape index (κ1) is 29.2. The van der Waals surface area contributed by atoms with Crippen LogP contribution in [-0.2, 0) is 6.42 Å². The van der Waals surface area contributed by atoms with Gasteiger partial charge in [0.2, 0.25) is 0 Å². The fourth-order valence-electron chi connectivity index (χ4n) is 7.18. The Balaban J connectivity index is 1.16. The van der Waals surface area contributed by atoms with Crippen molar-refractivity contribution >= 4 is 59.0 Å². The van der Waals surface area contributed by atoms with Crippen LogP contribution >= 0.6 is 22.7 Å². The van der Waals surface area contributed by atoms with Crippen LogP contribution in [0, 0.1) is 0 Å². The molecule has 0 N–H and O–H groups in total. The molecule has 9 aromatic rings. The van der Waals surface area contributed by atoms with E-state index in [9.17, 15) is 0 Å². The normalized spacial score (nSPS) is 12.6. The van der Waals surface area contributed by atoms with Crippen LogP contribution in [0.25, 0.3) is 92.8 Å². The van der Waals surface area contributed by atoms with Crippen LogP contribution < -0.4 is 0 Å². The van der Waals surface area contributed by atoms with Gasteiger partial charge in [-0.1, -0.05) is 103 Å². The Hall–Kier alpha value is -5.75. The van der Waals surface area contributed by atoms with E-state index in [2.05, 4.69) is 152 Å². The van der Waals surface area contributed by atoms with Gasteiger partial charge in [-0.3, -0.25) is 0 Å². The molecule has 0 atom stereocenters. The molecular weight excluding hydrogens is 647 g/mol. The molecule has 3 nitrogen and oxygen atoms in total. The molecule has 50 heavy (non-hydrogen) atoms. The molecule has 0 amide bonds. The maximum atomic E-state index is 5.25. The smallest absolute Gasteiger partial charge is 0.164 e. The lowest BCUT2D eigenvalue weighted by Crippen LogP contribution is -2.01. The van der Waals surface area contributed by atoms with Crippen LogP contribution in [0.15, 0.2) is 146 Å². The predicted molar refractivity (Wildman–Crippen MR) is 213 cm³/mol. The van der Waals surface area contributed by atoms with Crippen LogP contribution in [0.5, 0.6) is 0 Å². The van der Waals surface area contributed by atoms with Gasteiger partial charge in [-0.25, -0.2) is 15.0 Å². The number of thiophene rings is 2. The van der Waals surface area contributed by atoms with Gasteiger partial charge in [0.25, 0.3) is 0 Å². The van der Waals surface area contributed by atoms with E-state index in [0.29, 0.717) is 17.5 Å². The maximum Gasteiger partial charge on any atom is 0.164 e. The largest absolute Gasteiger partial charge is 0.208 e. The molecule has 1 aliphatic rings. The molecular formula is C45H29N3S2. The molecule has 3 heterocycles. The van der Waals surface area contributed by atoms with Crippen LogP contribution in [0.2, 0.25) is 0 Å². The fourth-order valence-corrected chi connectivity index (χ4v) is 9.48. The first-order valence-electron chi connectivity index (χ1n) is 16.9. The third-order valence-corrected chi connectivity index (χ3v) is 11.9. The molecule has 5 heteroatoms. The van der Waals surface area contributed by atoms with E-state index in [1.54, 1.807) is 0 Å². The summed E-state index contributed by atoms with van der Waals surface area (Å²) in [5, 5.41) is 3.76. The number of aryl methyl sites for hydroxylation is 1. The van der Waals surface area contributed by atoms with Crippen molar-refractivity contribution in [2.45, 2.75) is 12.8 Å². The van der Waals surface area contributed by atoms with E-state index in [1.165, 1.54) is 51.8 Å². The lowest BCUT2D eigenvalue weighted by atomic mass is 9.97. The van der Waals surface area contributed by atoms with Crippen LogP contribution in [0.3, 0.4) is 0 Å². The predicted octanol–water partition coefficient (Wildman–Crippen LogP) is 12.7. The van der Waals surface area contributed by atoms with E-state index in [-0.39, 0.29) is 0 Å². The lowest BCUT2D eigenvalue weighted by Gasteiger charge is -2.12. The van der Waals surface area contributed by atoms with Gasteiger partial charge in [0.1, 0.15) is 0 Å². The third-order valence-electron chi connectivity index (χ3n) is 9.61. The second-order valence-corrected chi connectivity index (χ2v) is 14.9. The monoisotopic (exact) mass is 675 g/mol. The highest BCUT2D eigenvalue weighted by Crippen LogP contribution is 2.42. The van der Waals surface area contributed by atoms with Gasteiger partial charge in [0.15, 0.2) is 17.5 Å². The standard InChI is InChI=1S/C45H29N3S2/c1-2-11-28(12-3-1)29-13-8-14-30(25-29)31-15-9-16-32(26-31)43-46-44(33-23-24-40-37(27-33)34-17-4-6-20-38(34)49-40)48-45(47-43)36-19-10-22-41-42(36)35-18-5-7-21-39(35)50-41/h1-4,6-17,19-27H,5,18H2. The van der Waals surface area contributed by atoms with Crippen molar-refractivity contribution in [1.82, 2.24) is 15.0 Å². The quantitative estimate of drug-likeness (QED) is 0.182. The minimum Gasteiger partial charge on any atom is -0.208 e. The van der Waals surface area contributed by atoms with Gasteiger partial charge in [0, 0.05) is 51.8 Å². The highest BCUT2D eigenvalue weighted by Gasteiger charge is 2.20. The van der Waals surface area contributed by atoms with Gasteiger partial charge in [-0.15, -0.1) is 22.7 Å². The number of allylic oxidation sites excluding steroid dienone is 1. The number of fused-ring (bicyclic) bond motifs is 6. The summed E-state index contributed by atoms with van der Waals surface area (Å²) >= 11 is 3.68. The topological polar surface area (TPSA) is 38.7 Å². The van der Waals surface area contributed by atoms with Gasteiger partial charge >= 0.3 is 0 Å². The molecule has 0 saturated heterocycles. The van der Waals surface area contributed by atoms with Gasteiger partial charge in [-0.2, -0.15) is 0 Å². The molecule has 0 bridgehead atoms. The minimum atomic E-state index is 0.669. The second kappa shape index (κ2) is 12.0. The zero-order chi connectivity index (χ0) is 33.0. The van der Waals surface area contributed by atoms with Gasteiger partial charge in [0.05, 0.1) is 0 Å². The third kappa shape index (κ3) is 5.06. The summed E-state index contributed by atoms with van der Waals surface area (Å²) in [6, 6.07) is 49.6. The van der Waals surface area contributed by atoms with Crippen molar-refractivity contribution in [3.05, 3.63) is 156 Å². The Morgan fingerprint density at radius 3 is 1.90 bits per heavy atom. The van der Waals surface area contributed by atoms with E-state index in [1.807, 2.05) is 22.7 Å². The second-order valence-electron chi connectivity index (χ2n) is 12.7. The Labute approximate surface area is 297 Å². The van der Waals surface area contributed by atoms with E-state index in [0.717, 1.165) is 40.7 Å². The Kier molecular flexibility index (Phi) is 7.00. The van der Waals surface area contributed by atoms with Crippen LogP contribution in [0.1, 0.15) is 16.9 Å². The fraction of sp³-hybridized carbons (Fsp3) is 0.0444. The first-order valence-corrected chi connectivity index (χ1v) is 18.5. The molecule has 0 saturated carbocycles.